The molecule has 1 unspecified atom stereocenters. The third-order valence-electron chi connectivity index (χ3n) is 4.94. The Morgan fingerprint density at radius 3 is 2.60 bits per heavy atom. The van der Waals surface area contributed by atoms with Gasteiger partial charge in [0, 0.05) is 32.0 Å². The first-order chi connectivity index (χ1) is 14.5. The van der Waals surface area contributed by atoms with Gasteiger partial charge < -0.3 is 9.42 Å². The quantitative estimate of drug-likeness (QED) is 0.627. The lowest BCUT2D eigenvalue weighted by molar-refractivity contribution is 0.0647. The molecule has 1 fully saturated rings. The maximum absolute atomic E-state index is 13.2. The number of benzene rings is 1. The van der Waals surface area contributed by atoms with Crippen LogP contribution in [0.5, 0.6) is 0 Å². The Balaban J connectivity index is 1.71. The van der Waals surface area contributed by atoms with E-state index in [1.165, 1.54) is 10.5 Å². The van der Waals surface area contributed by atoms with E-state index in [9.17, 15) is 13.2 Å². The SMILES string of the molecule is Cc1noc(C2CN(S(=O)(=O)c3ccccc3)CCCN2C(=O)c2cccnc2)n1. The molecule has 4 rings (SSSR count). The second kappa shape index (κ2) is 8.33. The number of hydrogen-bond donors (Lipinski definition) is 0. The van der Waals surface area contributed by atoms with Gasteiger partial charge in [0.1, 0.15) is 6.04 Å². The predicted molar refractivity (Wildman–Crippen MR) is 107 cm³/mol. The zero-order valence-electron chi connectivity index (χ0n) is 16.4. The van der Waals surface area contributed by atoms with Crippen LogP contribution in [0.4, 0.5) is 0 Å². The van der Waals surface area contributed by atoms with Gasteiger partial charge in [-0.05, 0) is 37.6 Å². The van der Waals surface area contributed by atoms with Gasteiger partial charge in [-0.2, -0.15) is 9.29 Å². The Labute approximate surface area is 174 Å². The average molecular weight is 427 g/mol. The van der Waals surface area contributed by atoms with Gasteiger partial charge in [0.25, 0.3) is 11.8 Å². The summed E-state index contributed by atoms with van der Waals surface area (Å²) in [7, 11) is -3.74. The van der Waals surface area contributed by atoms with Gasteiger partial charge in [-0.1, -0.05) is 23.4 Å². The van der Waals surface area contributed by atoms with Crippen molar-refractivity contribution in [1.29, 1.82) is 0 Å². The van der Waals surface area contributed by atoms with Crippen LogP contribution in [0.3, 0.4) is 0 Å². The molecule has 3 aromatic rings. The van der Waals surface area contributed by atoms with Crippen molar-refractivity contribution in [2.45, 2.75) is 24.3 Å². The van der Waals surface area contributed by atoms with Crippen molar-refractivity contribution in [1.82, 2.24) is 24.3 Å². The number of aryl methyl sites for hydroxylation is 1. The Morgan fingerprint density at radius 2 is 1.93 bits per heavy atom. The highest BCUT2D eigenvalue weighted by atomic mass is 32.2. The van der Waals surface area contributed by atoms with Crippen LogP contribution in [-0.4, -0.2) is 58.3 Å². The normalized spacial score (nSPS) is 18.2. The molecule has 156 valence electrons. The first-order valence-corrected chi connectivity index (χ1v) is 11.0. The van der Waals surface area contributed by atoms with Gasteiger partial charge in [0.15, 0.2) is 5.82 Å². The van der Waals surface area contributed by atoms with Crippen LogP contribution in [0.1, 0.15) is 34.5 Å². The summed E-state index contributed by atoms with van der Waals surface area (Å²) in [5.74, 6) is 0.364. The van der Waals surface area contributed by atoms with Gasteiger partial charge in [0.2, 0.25) is 10.0 Å². The number of carbonyl (C=O) groups excluding carboxylic acids is 1. The molecule has 1 aliphatic rings. The monoisotopic (exact) mass is 427 g/mol. The van der Waals surface area contributed by atoms with Crippen LogP contribution in [0.15, 0.2) is 64.3 Å². The molecule has 0 spiro atoms. The number of rotatable bonds is 4. The molecule has 0 saturated carbocycles. The first kappa shape index (κ1) is 20.2. The molecule has 0 aliphatic carbocycles. The molecule has 2 aromatic heterocycles. The van der Waals surface area contributed by atoms with Crippen molar-refractivity contribution < 1.29 is 17.7 Å². The van der Waals surface area contributed by atoms with Gasteiger partial charge in [-0.15, -0.1) is 0 Å². The van der Waals surface area contributed by atoms with Crippen molar-refractivity contribution in [3.63, 3.8) is 0 Å². The molecule has 0 radical (unpaired) electrons. The summed E-state index contributed by atoms with van der Waals surface area (Å²) >= 11 is 0. The van der Waals surface area contributed by atoms with Crippen molar-refractivity contribution in [3.8, 4) is 0 Å². The van der Waals surface area contributed by atoms with E-state index in [0.29, 0.717) is 24.4 Å². The third-order valence-corrected chi connectivity index (χ3v) is 6.82. The van der Waals surface area contributed by atoms with E-state index in [1.54, 1.807) is 60.5 Å². The molecule has 10 heteroatoms. The second-order valence-electron chi connectivity index (χ2n) is 6.97. The molecule has 1 saturated heterocycles. The van der Waals surface area contributed by atoms with Crippen LogP contribution in [0.2, 0.25) is 0 Å². The van der Waals surface area contributed by atoms with E-state index in [1.807, 2.05) is 0 Å². The second-order valence-corrected chi connectivity index (χ2v) is 8.90. The molecule has 0 N–H and O–H groups in total. The lowest BCUT2D eigenvalue weighted by Gasteiger charge is -2.29. The van der Waals surface area contributed by atoms with Crippen LogP contribution in [0.25, 0.3) is 0 Å². The molecular weight excluding hydrogens is 406 g/mol. The zero-order valence-corrected chi connectivity index (χ0v) is 17.2. The van der Waals surface area contributed by atoms with E-state index in [4.69, 9.17) is 4.52 Å². The van der Waals surface area contributed by atoms with Crippen molar-refractivity contribution in [2.24, 2.45) is 0 Å². The fourth-order valence-electron chi connectivity index (χ4n) is 3.47. The molecular formula is C20H21N5O4S. The highest BCUT2D eigenvalue weighted by Gasteiger charge is 2.38. The van der Waals surface area contributed by atoms with E-state index >= 15 is 0 Å². The van der Waals surface area contributed by atoms with Crippen LogP contribution >= 0.6 is 0 Å². The molecule has 3 heterocycles. The van der Waals surface area contributed by atoms with E-state index < -0.39 is 16.1 Å². The lowest BCUT2D eigenvalue weighted by atomic mass is 10.2. The number of pyridine rings is 1. The molecule has 9 nitrogen and oxygen atoms in total. The maximum atomic E-state index is 13.2. The summed E-state index contributed by atoms with van der Waals surface area (Å²) < 4.78 is 33.2. The maximum Gasteiger partial charge on any atom is 0.256 e. The molecule has 1 atom stereocenters. The van der Waals surface area contributed by atoms with Gasteiger partial charge in [-0.3, -0.25) is 9.78 Å². The molecule has 1 aromatic carbocycles. The molecule has 1 aliphatic heterocycles. The number of hydrogen-bond acceptors (Lipinski definition) is 7. The van der Waals surface area contributed by atoms with E-state index in [0.717, 1.165) is 0 Å². The summed E-state index contributed by atoms with van der Waals surface area (Å²) in [5.41, 5.74) is 0.415. The minimum atomic E-state index is -3.74. The largest absolute Gasteiger partial charge is 0.337 e. The highest BCUT2D eigenvalue weighted by molar-refractivity contribution is 7.89. The molecule has 0 bridgehead atoms. The van der Waals surface area contributed by atoms with Gasteiger partial charge in [-0.25, -0.2) is 8.42 Å². The fraction of sp³-hybridized carbons (Fsp3) is 0.300. The predicted octanol–water partition coefficient (Wildman–Crippen LogP) is 2.05. The lowest BCUT2D eigenvalue weighted by Crippen LogP contribution is -2.40. The van der Waals surface area contributed by atoms with Crippen LogP contribution in [0, 0.1) is 6.92 Å². The number of sulfonamides is 1. The summed E-state index contributed by atoms with van der Waals surface area (Å²) in [6.07, 6.45) is 3.55. The average Bonchev–Trinajstić information content (AvgIpc) is 3.07. The fourth-order valence-corrected chi connectivity index (χ4v) is 4.98. The van der Waals surface area contributed by atoms with E-state index in [-0.39, 0.29) is 29.8 Å². The van der Waals surface area contributed by atoms with Crippen molar-refractivity contribution >= 4 is 15.9 Å². The number of aromatic nitrogens is 3. The van der Waals surface area contributed by atoms with Crippen molar-refractivity contribution in [2.75, 3.05) is 19.6 Å². The molecule has 30 heavy (non-hydrogen) atoms. The van der Waals surface area contributed by atoms with Gasteiger partial charge in [0.05, 0.1) is 10.5 Å². The minimum Gasteiger partial charge on any atom is -0.337 e. The molecule has 1 amide bonds. The summed E-state index contributed by atoms with van der Waals surface area (Å²) in [5, 5.41) is 3.83. The topological polar surface area (TPSA) is 110 Å². The number of amides is 1. The summed E-state index contributed by atoms with van der Waals surface area (Å²) in [6, 6.07) is 10.9. The Morgan fingerprint density at radius 1 is 1.13 bits per heavy atom. The van der Waals surface area contributed by atoms with Crippen molar-refractivity contribution in [3.05, 3.63) is 72.1 Å². The Bertz CT molecular complexity index is 1120. The third kappa shape index (κ3) is 3.96. The summed E-state index contributed by atoms with van der Waals surface area (Å²) in [6.45, 7) is 2.32. The standard InChI is InChI=1S/C20H21N5O4S/c1-15-22-19(29-23-15)18-14-24(30(27,28)17-8-3-2-4-9-17)11-6-12-25(18)20(26)16-7-5-10-21-13-16/h2-5,7-10,13,18H,6,11-12,14H2,1H3. The first-order valence-electron chi connectivity index (χ1n) is 9.53. The van der Waals surface area contributed by atoms with Gasteiger partial charge >= 0.3 is 0 Å². The smallest absolute Gasteiger partial charge is 0.256 e. The van der Waals surface area contributed by atoms with Crippen LogP contribution in [-0.2, 0) is 10.0 Å². The highest BCUT2D eigenvalue weighted by Crippen LogP contribution is 2.29. The summed E-state index contributed by atoms with van der Waals surface area (Å²) in [4.78, 5) is 23.3. The zero-order chi connectivity index (χ0) is 21.1. The minimum absolute atomic E-state index is 0.0187. The van der Waals surface area contributed by atoms with Crippen LogP contribution < -0.4 is 0 Å². The number of carbonyl (C=O) groups is 1. The number of nitrogens with zero attached hydrogens (tertiary/aromatic N) is 5. The Hall–Kier alpha value is -3.11. The van der Waals surface area contributed by atoms with E-state index in [2.05, 4.69) is 15.1 Å². The Kier molecular flexibility index (Phi) is 5.60.